The SMILES string of the molecule is C=Cc1ccc(CCS[Si](C)(C)C(C)(C)C)cc1. The second kappa shape index (κ2) is 6.11. The summed E-state index contributed by atoms with van der Waals surface area (Å²) in [6, 6.07) is 8.76. The average Bonchev–Trinajstić information content (AvgIpc) is 2.28. The molecule has 18 heavy (non-hydrogen) atoms. The van der Waals surface area contributed by atoms with Gasteiger partial charge >= 0.3 is 0 Å². The molecule has 0 radical (unpaired) electrons. The summed E-state index contributed by atoms with van der Waals surface area (Å²) in [4.78, 5) is 0. The van der Waals surface area contributed by atoms with Crippen molar-refractivity contribution in [2.45, 2.75) is 45.3 Å². The molecule has 0 unspecified atom stereocenters. The monoisotopic (exact) mass is 278 g/mol. The third-order valence-electron chi connectivity index (χ3n) is 3.88. The molecule has 2 heteroatoms. The number of hydrogen-bond donors (Lipinski definition) is 0. The number of aryl methyl sites for hydroxylation is 1. The summed E-state index contributed by atoms with van der Waals surface area (Å²) in [6.07, 6.45) is 3.07. The van der Waals surface area contributed by atoms with Gasteiger partial charge in [-0.15, -0.1) is 0 Å². The van der Waals surface area contributed by atoms with E-state index < -0.39 is 7.22 Å². The van der Waals surface area contributed by atoms with Crippen molar-refractivity contribution in [1.29, 1.82) is 0 Å². The Bertz CT molecular complexity index is 385. The Kier molecular flexibility index (Phi) is 5.29. The lowest BCUT2D eigenvalue weighted by atomic mass is 10.1. The Labute approximate surface area is 118 Å². The summed E-state index contributed by atoms with van der Waals surface area (Å²) in [5, 5.41) is 0.477. The summed E-state index contributed by atoms with van der Waals surface area (Å²) in [5.41, 5.74) is 2.64. The van der Waals surface area contributed by atoms with E-state index in [1.807, 2.05) is 6.08 Å². The van der Waals surface area contributed by atoms with Crippen molar-refractivity contribution in [3.05, 3.63) is 42.0 Å². The molecule has 0 atom stereocenters. The van der Waals surface area contributed by atoms with Crippen LogP contribution in [0.2, 0.25) is 18.1 Å². The van der Waals surface area contributed by atoms with Gasteiger partial charge in [-0.1, -0.05) is 70.8 Å². The van der Waals surface area contributed by atoms with Gasteiger partial charge in [-0.05, 0) is 28.3 Å². The molecule has 0 aliphatic heterocycles. The highest BCUT2D eigenvalue weighted by molar-refractivity contribution is 8.29. The molecule has 0 saturated carbocycles. The van der Waals surface area contributed by atoms with Gasteiger partial charge in [0.1, 0.15) is 7.22 Å². The molecule has 0 heterocycles. The first-order chi connectivity index (χ1) is 8.26. The minimum atomic E-state index is -1.18. The minimum absolute atomic E-state index is 0.477. The maximum absolute atomic E-state index is 3.78. The van der Waals surface area contributed by atoms with Crippen LogP contribution in [0.4, 0.5) is 0 Å². The zero-order valence-corrected chi connectivity index (χ0v) is 14.2. The molecule has 0 bridgehead atoms. The fourth-order valence-electron chi connectivity index (χ4n) is 1.46. The first-order valence-electron chi connectivity index (χ1n) is 6.61. The number of hydrogen-bond acceptors (Lipinski definition) is 1. The fraction of sp³-hybridized carbons (Fsp3) is 0.500. The molecule has 1 rings (SSSR count). The van der Waals surface area contributed by atoms with Gasteiger partial charge in [0.05, 0.1) is 0 Å². The van der Waals surface area contributed by atoms with E-state index in [9.17, 15) is 0 Å². The molecule has 1 aromatic rings. The van der Waals surface area contributed by atoms with Gasteiger partial charge in [-0.2, -0.15) is 11.2 Å². The summed E-state index contributed by atoms with van der Waals surface area (Å²) >= 11 is 2.21. The van der Waals surface area contributed by atoms with Gasteiger partial charge in [0.2, 0.25) is 0 Å². The maximum Gasteiger partial charge on any atom is 0.116 e. The highest BCUT2D eigenvalue weighted by Gasteiger charge is 2.35. The third kappa shape index (κ3) is 4.32. The minimum Gasteiger partial charge on any atom is -0.185 e. The lowest BCUT2D eigenvalue weighted by Gasteiger charge is -2.36. The summed E-state index contributed by atoms with van der Waals surface area (Å²) in [6.45, 7) is 15.9. The van der Waals surface area contributed by atoms with Crippen LogP contribution in [0.3, 0.4) is 0 Å². The van der Waals surface area contributed by atoms with E-state index >= 15 is 0 Å². The van der Waals surface area contributed by atoms with Crippen LogP contribution >= 0.6 is 11.2 Å². The van der Waals surface area contributed by atoms with E-state index in [4.69, 9.17) is 0 Å². The predicted molar refractivity (Wildman–Crippen MR) is 89.9 cm³/mol. The molecule has 0 fully saturated rings. The van der Waals surface area contributed by atoms with Crippen LogP contribution < -0.4 is 0 Å². The van der Waals surface area contributed by atoms with Crippen LogP contribution in [0.15, 0.2) is 30.8 Å². The van der Waals surface area contributed by atoms with E-state index in [-0.39, 0.29) is 0 Å². The molecule has 100 valence electrons. The zero-order valence-electron chi connectivity index (χ0n) is 12.4. The van der Waals surface area contributed by atoms with E-state index in [2.05, 4.69) is 75.9 Å². The van der Waals surface area contributed by atoms with Gasteiger partial charge in [0, 0.05) is 0 Å². The molecule has 1 aromatic carbocycles. The predicted octanol–water partition coefficient (Wildman–Crippen LogP) is 5.61. The van der Waals surface area contributed by atoms with Gasteiger partial charge in [-0.3, -0.25) is 0 Å². The van der Waals surface area contributed by atoms with Crippen LogP contribution in [-0.4, -0.2) is 13.0 Å². The van der Waals surface area contributed by atoms with E-state index in [0.717, 1.165) is 0 Å². The summed E-state index contributed by atoms with van der Waals surface area (Å²) in [7, 11) is -1.18. The van der Waals surface area contributed by atoms with Crippen LogP contribution in [0, 0.1) is 0 Å². The second-order valence-corrected chi connectivity index (χ2v) is 15.4. The third-order valence-corrected chi connectivity index (χ3v) is 13.2. The molecule has 0 aliphatic carbocycles. The smallest absolute Gasteiger partial charge is 0.116 e. The quantitative estimate of drug-likeness (QED) is 0.631. The molecule has 0 nitrogen and oxygen atoms in total. The zero-order chi connectivity index (χ0) is 13.8. The van der Waals surface area contributed by atoms with Crippen molar-refractivity contribution in [1.82, 2.24) is 0 Å². The number of rotatable bonds is 5. The lowest BCUT2D eigenvalue weighted by molar-refractivity contribution is 0.736. The Morgan fingerprint density at radius 1 is 1.17 bits per heavy atom. The Balaban J connectivity index is 2.48. The molecule has 0 saturated heterocycles. The Morgan fingerprint density at radius 2 is 1.72 bits per heavy atom. The van der Waals surface area contributed by atoms with Gasteiger partial charge in [0.25, 0.3) is 0 Å². The molecule has 0 N–H and O–H groups in total. The van der Waals surface area contributed by atoms with Crippen LogP contribution in [0.1, 0.15) is 31.9 Å². The van der Waals surface area contributed by atoms with Crippen molar-refractivity contribution in [3.8, 4) is 0 Å². The Morgan fingerprint density at radius 3 is 2.17 bits per heavy atom. The highest BCUT2D eigenvalue weighted by atomic mass is 32.4. The molecule has 0 aromatic heterocycles. The van der Waals surface area contributed by atoms with Gasteiger partial charge in [0.15, 0.2) is 0 Å². The average molecular weight is 279 g/mol. The molecular weight excluding hydrogens is 252 g/mol. The molecule has 0 aliphatic rings. The van der Waals surface area contributed by atoms with Crippen LogP contribution in [0.5, 0.6) is 0 Å². The van der Waals surface area contributed by atoms with Crippen LogP contribution in [-0.2, 0) is 6.42 Å². The first-order valence-corrected chi connectivity index (χ1v) is 11.3. The number of benzene rings is 1. The Hall–Kier alpha value is -0.473. The maximum atomic E-state index is 3.78. The first kappa shape index (κ1) is 15.6. The van der Waals surface area contributed by atoms with Crippen molar-refractivity contribution in [3.63, 3.8) is 0 Å². The normalized spacial score (nSPS) is 12.5. The van der Waals surface area contributed by atoms with Crippen LogP contribution in [0.25, 0.3) is 6.08 Å². The highest BCUT2D eigenvalue weighted by Crippen LogP contribution is 2.43. The molecular formula is C16H26SSi. The lowest BCUT2D eigenvalue weighted by Crippen LogP contribution is -2.34. The second-order valence-electron chi connectivity index (χ2n) is 6.30. The van der Waals surface area contributed by atoms with E-state index in [1.54, 1.807) is 0 Å². The van der Waals surface area contributed by atoms with Crippen molar-refractivity contribution in [2.75, 3.05) is 5.75 Å². The van der Waals surface area contributed by atoms with Crippen molar-refractivity contribution in [2.24, 2.45) is 0 Å². The summed E-state index contributed by atoms with van der Waals surface area (Å²) < 4.78 is 0. The van der Waals surface area contributed by atoms with Crippen molar-refractivity contribution < 1.29 is 0 Å². The van der Waals surface area contributed by atoms with E-state index in [0.29, 0.717) is 5.04 Å². The van der Waals surface area contributed by atoms with E-state index in [1.165, 1.54) is 23.3 Å². The topological polar surface area (TPSA) is 0 Å². The standard InChI is InChI=1S/C16H26SSi/c1-7-14-8-10-15(11-9-14)12-13-17-18(5,6)16(2,3)4/h7-11H,1,12-13H2,2-6H3. The fourth-order valence-corrected chi connectivity index (χ4v) is 5.88. The molecule has 0 spiro atoms. The largest absolute Gasteiger partial charge is 0.185 e. The summed E-state index contributed by atoms with van der Waals surface area (Å²) in [5.74, 6) is 1.24. The van der Waals surface area contributed by atoms with Gasteiger partial charge < -0.3 is 0 Å². The molecule has 0 amide bonds. The van der Waals surface area contributed by atoms with Gasteiger partial charge in [-0.25, -0.2) is 0 Å². The van der Waals surface area contributed by atoms with Crippen molar-refractivity contribution >= 4 is 24.5 Å².